The van der Waals surface area contributed by atoms with Crippen LogP contribution in [0.5, 0.6) is 0 Å². The van der Waals surface area contributed by atoms with Gasteiger partial charge in [0.2, 0.25) is 5.91 Å². The highest BCUT2D eigenvalue weighted by Crippen LogP contribution is 2.15. The van der Waals surface area contributed by atoms with Crippen molar-refractivity contribution in [3.8, 4) is 0 Å². The highest BCUT2D eigenvalue weighted by atomic mass is 127. The average Bonchev–Trinajstić information content (AvgIpc) is 2.39. The van der Waals surface area contributed by atoms with E-state index in [0.29, 0.717) is 19.0 Å². The maximum atomic E-state index is 11.8. The van der Waals surface area contributed by atoms with Crippen molar-refractivity contribution in [2.75, 3.05) is 18.4 Å². The van der Waals surface area contributed by atoms with E-state index in [4.69, 9.17) is 5.73 Å². The molecule has 0 aromatic heterocycles. The number of nitrogens with two attached hydrogens (primary N) is 1. The zero-order chi connectivity index (χ0) is 15.2. The summed E-state index contributed by atoms with van der Waals surface area (Å²) in [7, 11) is 0. The van der Waals surface area contributed by atoms with Crippen LogP contribution in [0.2, 0.25) is 0 Å². The van der Waals surface area contributed by atoms with Crippen LogP contribution < -0.4 is 16.4 Å². The third kappa shape index (κ3) is 6.79. The van der Waals surface area contributed by atoms with Gasteiger partial charge < -0.3 is 16.4 Å². The van der Waals surface area contributed by atoms with Crippen molar-refractivity contribution in [3.63, 3.8) is 0 Å². The molecule has 4 N–H and O–H groups in total. The minimum absolute atomic E-state index is 0. The van der Waals surface area contributed by atoms with E-state index in [9.17, 15) is 4.79 Å². The minimum atomic E-state index is -0.574. The first-order valence-corrected chi connectivity index (χ1v) is 6.77. The summed E-state index contributed by atoms with van der Waals surface area (Å²) in [6.07, 6.45) is 0. The third-order valence-electron chi connectivity index (χ3n) is 2.92. The summed E-state index contributed by atoms with van der Waals surface area (Å²) in [6, 6.07) is 7.86. The van der Waals surface area contributed by atoms with E-state index in [2.05, 4.69) is 15.6 Å². The Morgan fingerprint density at radius 2 is 1.86 bits per heavy atom. The Morgan fingerprint density at radius 3 is 2.38 bits per heavy atom. The average molecular weight is 404 g/mol. The number of anilines is 1. The van der Waals surface area contributed by atoms with Crippen LogP contribution >= 0.6 is 24.0 Å². The zero-order valence-electron chi connectivity index (χ0n) is 13.1. The van der Waals surface area contributed by atoms with E-state index in [-0.39, 0.29) is 29.9 Å². The largest absolute Gasteiger partial charge is 0.370 e. The van der Waals surface area contributed by atoms with Crippen molar-refractivity contribution in [3.05, 3.63) is 29.8 Å². The molecule has 21 heavy (non-hydrogen) atoms. The van der Waals surface area contributed by atoms with Gasteiger partial charge in [0.1, 0.15) is 0 Å². The van der Waals surface area contributed by atoms with Crippen molar-refractivity contribution in [2.45, 2.75) is 27.7 Å². The molecule has 5 nitrogen and oxygen atoms in total. The van der Waals surface area contributed by atoms with Crippen LogP contribution in [0.3, 0.4) is 0 Å². The fourth-order valence-corrected chi connectivity index (χ4v) is 1.58. The number of benzene rings is 1. The van der Waals surface area contributed by atoms with Crippen LogP contribution in [0.15, 0.2) is 29.3 Å². The van der Waals surface area contributed by atoms with Gasteiger partial charge in [-0.1, -0.05) is 17.7 Å². The van der Waals surface area contributed by atoms with Crippen LogP contribution in [-0.4, -0.2) is 25.0 Å². The molecule has 118 valence electrons. The summed E-state index contributed by atoms with van der Waals surface area (Å²) in [6.45, 7) is 8.56. The number of aliphatic imine (C=N–C) groups is 1. The van der Waals surface area contributed by atoms with Gasteiger partial charge in [0, 0.05) is 12.2 Å². The van der Waals surface area contributed by atoms with Gasteiger partial charge in [-0.2, -0.15) is 0 Å². The molecule has 0 fully saturated rings. The van der Waals surface area contributed by atoms with E-state index in [1.807, 2.05) is 52.0 Å². The van der Waals surface area contributed by atoms with Crippen LogP contribution in [0, 0.1) is 12.3 Å². The van der Waals surface area contributed by atoms with Gasteiger partial charge in [-0.05, 0) is 39.8 Å². The molecule has 0 heterocycles. The van der Waals surface area contributed by atoms with Crippen molar-refractivity contribution >= 4 is 41.5 Å². The number of nitrogens with zero attached hydrogens (tertiary/aromatic N) is 1. The molecule has 1 aromatic rings. The Hall–Kier alpha value is -1.31. The molecule has 1 amide bonds. The highest BCUT2D eigenvalue weighted by molar-refractivity contribution is 14.0. The van der Waals surface area contributed by atoms with Crippen molar-refractivity contribution in [1.82, 2.24) is 5.32 Å². The Balaban J connectivity index is 0.00000400. The number of aryl methyl sites for hydroxylation is 1. The van der Waals surface area contributed by atoms with Crippen molar-refractivity contribution in [2.24, 2.45) is 16.1 Å². The van der Waals surface area contributed by atoms with Gasteiger partial charge in [-0.3, -0.25) is 9.79 Å². The van der Waals surface area contributed by atoms with Crippen molar-refractivity contribution in [1.29, 1.82) is 0 Å². The van der Waals surface area contributed by atoms with E-state index in [0.717, 1.165) is 5.69 Å². The predicted octanol–water partition coefficient (Wildman–Crippen LogP) is 2.50. The van der Waals surface area contributed by atoms with Gasteiger partial charge in [-0.25, -0.2) is 0 Å². The monoisotopic (exact) mass is 404 g/mol. The van der Waals surface area contributed by atoms with Gasteiger partial charge >= 0.3 is 0 Å². The van der Waals surface area contributed by atoms with Crippen LogP contribution in [-0.2, 0) is 4.79 Å². The minimum Gasteiger partial charge on any atom is -0.370 e. The highest BCUT2D eigenvalue weighted by Gasteiger charge is 2.26. The molecule has 0 bridgehead atoms. The van der Waals surface area contributed by atoms with Crippen LogP contribution in [0.1, 0.15) is 26.3 Å². The molecular weight excluding hydrogens is 379 g/mol. The molecule has 0 atom stereocenters. The number of halogens is 1. The van der Waals surface area contributed by atoms with Crippen LogP contribution in [0.4, 0.5) is 5.69 Å². The molecule has 0 saturated carbocycles. The molecule has 1 rings (SSSR count). The molecule has 0 aliphatic carbocycles. The van der Waals surface area contributed by atoms with E-state index in [1.165, 1.54) is 5.56 Å². The van der Waals surface area contributed by atoms with E-state index >= 15 is 0 Å². The van der Waals surface area contributed by atoms with Gasteiger partial charge in [-0.15, -0.1) is 24.0 Å². The van der Waals surface area contributed by atoms with Gasteiger partial charge in [0.15, 0.2) is 5.96 Å². The zero-order valence-corrected chi connectivity index (χ0v) is 15.4. The fraction of sp³-hybridized carbons (Fsp3) is 0.467. The van der Waals surface area contributed by atoms with Crippen LogP contribution in [0.25, 0.3) is 0 Å². The van der Waals surface area contributed by atoms with Gasteiger partial charge in [0.05, 0.1) is 12.0 Å². The lowest BCUT2D eigenvalue weighted by atomic mass is 9.92. The summed E-state index contributed by atoms with van der Waals surface area (Å²) < 4.78 is 0. The molecule has 1 aromatic carbocycles. The second-order valence-corrected chi connectivity index (χ2v) is 5.44. The molecule has 0 unspecified atom stereocenters. The first-order chi connectivity index (χ1) is 9.35. The topological polar surface area (TPSA) is 79.5 Å². The number of nitrogens with one attached hydrogen (secondary N) is 2. The second kappa shape index (κ2) is 8.86. The lowest BCUT2D eigenvalue weighted by Crippen LogP contribution is -2.39. The second-order valence-electron chi connectivity index (χ2n) is 5.44. The molecule has 0 aliphatic heterocycles. The lowest BCUT2D eigenvalue weighted by molar-refractivity contribution is -0.128. The maximum Gasteiger partial charge on any atom is 0.227 e. The maximum absolute atomic E-state index is 11.8. The lowest BCUT2D eigenvalue weighted by Gasteiger charge is -2.21. The number of carbonyl (C=O) groups is 1. The molecular formula is C15H25IN4O. The first kappa shape index (κ1) is 19.7. The Kier molecular flexibility index (Phi) is 8.31. The summed E-state index contributed by atoms with van der Waals surface area (Å²) in [5.74, 6) is 0.290. The van der Waals surface area contributed by atoms with E-state index < -0.39 is 5.41 Å². The third-order valence-corrected chi connectivity index (χ3v) is 2.92. The number of guanidine groups is 1. The summed E-state index contributed by atoms with van der Waals surface area (Å²) in [5.41, 5.74) is 7.32. The summed E-state index contributed by atoms with van der Waals surface area (Å²) >= 11 is 0. The number of carbonyl (C=O) groups excluding carboxylic acids is 1. The normalized spacial score (nSPS) is 11.5. The smallest absolute Gasteiger partial charge is 0.227 e. The van der Waals surface area contributed by atoms with E-state index in [1.54, 1.807) is 0 Å². The molecule has 0 aliphatic rings. The number of hydrogen-bond donors (Lipinski definition) is 3. The summed E-state index contributed by atoms with van der Waals surface area (Å²) in [4.78, 5) is 16.1. The van der Waals surface area contributed by atoms with Gasteiger partial charge in [0.25, 0.3) is 0 Å². The molecule has 0 radical (unpaired) electrons. The molecule has 0 saturated heterocycles. The Morgan fingerprint density at radius 1 is 1.29 bits per heavy atom. The Labute approximate surface area is 143 Å². The Bertz CT molecular complexity index is 483. The quantitative estimate of drug-likeness (QED) is 0.401. The summed E-state index contributed by atoms with van der Waals surface area (Å²) in [5, 5.41) is 5.80. The standard InChI is InChI=1S/C15H24N4O.HI/c1-5-17-13(20)15(3,4)10-18-14(16)19-12-8-6-11(2)7-9-12;/h6-9H,5,10H2,1-4H3,(H,17,20)(H3,16,18,19);1H. The number of amides is 1. The number of hydrogen-bond acceptors (Lipinski definition) is 2. The predicted molar refractivity (Wildman–Crippen MR) is 99.2 cm³/mol. The molecule has 0 spiro atoms. The van der Waals surface area contributed by atoms with Crippen molar-refractivity contribution < 1.29 is 4.79 Å². The fourth-order valence-electron chi connectivity index (χ4n) is 1.58. The first-order valence-electron chi connectivity index (χ1n) is 6.77. The SMILES string of the molecule is CCNC(=O)C(C)(C)CN=C(N)Nc1ccc(C)cc1.I. The molecule has 6 heteroatoms. The number of rotatable bonds is 5.